The number of ether oxygens (including phenoxy) is 3. The maximum absolute atomic E-state index is 15.3. The van der Waals surface area contributed by atoms with Crippen LogP contribution in [0.1, 0.15) is 60.8 Å². The number of hydrogen-bond donors (Lipinski definition) is 0. The maximum Gasteiger partial charge on any atom is 0.414 e. The third kappa shape index (κ3) is 5.74. The number of benzene rings is 1. The Morgan fingerprint density at radius 2 is 1.69 bits per heavy atom. The Morgan fingerprint density at radius 1 is 1.00 bits per heavy atom. The summed E-state index contributed by atoms with van der Waals surface area (Å²) in [6, 6.07) is 5.12. The topological polar surface area (TPSA) is 60.5 Å². The van der Waals surface area contributed by atoms with Crippen molar-refractivity contribution < 1.29 is 27.8 Å². The van der Waals surface area contributed by atoms with Crippen LogP contribution in [0.4, 0.5) is 20.6 Å². The molecule has 1 saturated carbocycles. The summed E-state index contributed by atoms with van der Waals surface area (Å²) in [5.41, 5.74) is 2.51. The van der Waals surface area contributed by atoms with Crippen LogP contribution in [-0.4, -0.2) is 66.3 Å². The minimum absolute atomic E-state index is 0.0464. The highest BCUT2D eigenvalue weighted by Gasteiger charge is 2.56. The molecule has 4 aliphatic rings. The molecule has 0 aromatic heterocycles. The molecule has 0 N–H and O–H groups in total. The monoisotopic (exact) mass is 562 g/mol. The fourth-order valence-corrected chi connectivity index (χ4v) is 13.1. The summed E-state index contributed by atoms with van der Waals surface area (Å²) in [6.07, 6.45) is 2.45. The van der Waals surface area contributed by atoms with Gasteiger partial charge in [0.05, 0.1) is 31.1 Å². The van der Waals surface area contributed by atoms with Gasteiger partial charge in [-0.3, -0.25) is 4.90 Å². The molecule has 0 bridgehead atoms. The maximum atomic E-state index is 15.3. The lowest BCUT2D eigenvalue weighted by Crippen LogP contribution is -2.49. The second-order valence-corrected chi connectivity index (χ2v) is 18.4. The van der Waals surface area contributed by atoms with E-state index in [-0.39, 0.29) is 18.2 Å². The van der Waals surface area contributed by atoms with E-state index in [1.165, 1.54) is 17.4 Å². The van der Waals surface area contributed by atoms with Gasteiger partial charge in [-0.15, -0.1) is 0 Å². The zero-order valence-corrected chi connectivity index (χ0v) is 25.5. The molecule has 9 heteroatoms. The molecule has 7 nitrogen and oxygen atoms in total. The van der Waals surface area contributed by atoms with Crippen LogP contribution in [0.5, 0.6) is 0 Å². The van der Waals surface area contributed by atoms with E-state index in [1.54, 1.807) is 0 Å². The smallest absolute Gasteiger partial charge is 0.414 e. The number of piperidine rings is 1. The van der Waals surface area contributed by atoms with Crippen LogP contribution in [0.25, 0.3) is 0 Å². The van der Waals surface area contributed by atoms with E-state index in [2.05, 4.69) is 46.4 Å². The second-order valence-electron chi connectivity index (χ2n) is 12.9. The van der Waals surface area contributed by atoms with Gasteiger partial charge in [-0.05, 0) is 71.8 Å². The van der Waals surface area contributed by atoms with Gasteiger partial charge in [0.1, 0.15) is 11.9 Å². The summed E-state index contributed by atoms with van der Waals surface area (Å²) in [4.78, 5) is 16.4. The molecule has 3 aliphatic heterocycles. The first-order chi connectivity index (χ1) is 18.6. The third-order valence-electron chi connectivity index (χ3n) is 9.67. The van der Waals surface area contributed by atoms with Gasteiger partial charge in [-0.1, -0.05) is 41.5 Å². The van der Waals surface area contributed by atoms with Crippen molar-refractivity contribution in [1.82, 2.24) is 0 Å². The van der Waals surface area contributed by atoms with Crippen LogP contribution in [0.2, 0.25) is 16.6 Å². The van der Waals surface area contributed by atoms with Gasteiger partial charge >= 0.3 is 6.09 Å². The second kappa shape index (κ2) is 11.7. The average Bonchev–Trinajstić information content (AvgIpc) is 3.18. The SMILES string of the molecule is CC(C)[Si](OC[C@H]1CN(c2ccc(N3C[C@@H]4C(COC5CCCCO5)[C@@H]4C3)c(F)c2)C(=O)O1)(C(C)C)C(C)C. The molecule has 1 amide bonds. The van der Waals surface area contributed by atoms with Gasteiger partial charge in [0.15, 0.2) is 6.29 Å². The Morgan fingerprint density at radius 3 is 2.28 bits per heavy atom. The number of nitrogens with zero attached hydrogens (tertiary/aromatic N) is 2. The molecule has 4 fully saturated rings. The summed E-state index contributed by atoms with van der Waals surface area (Å²) < 4.78 is 39.3. The first-order valence-electron chi connectivity index (χ1n) is 15.0. The van der Waals surface area contributed by atoms with E-state index in [0.717, 1.165) is 39.1 Å². The molecule has 5 atom stereocenters. The van der Waals surface area contributed by atoms with Crippen LogP contribution >= 0.6 is 0 Å². The number of amides is 1. The summed E-state index contributed by atoms with van der Waals surface area (Å²) in [6.45, 7) is 17.5. The minimum atomic E-state index is -2.06. The van der Waals surface area contributed by atoms with Gasteiger partial charge < -0.3 is 23.5 Å². The molecule has 0 spiro atoms. The van der Waals surface area contributed by atoms with Crippen molar-refractivity contribution in [3.8, 4) is 0 Å². The number of halogens is 1. The molecule has 2 unspecified atom stereocenters. The van der Waals surface area contributed by atoms with Crippen molar-refractivity contribution >= 4 is 25.8 Å². The van der Waals surface area contributed by atoms with E-state index in [0.29, 0.717) is 58.9 Å². The molecule has 1 aromatic carbocycles. The first kappa shape index (κ1) is 28.8. The Kier molecular flexibility index (Phi) is 8.62. The average molecular weight is 563 g/mol. The predicted octanol–water partition coefficient (Wildman–Crippen LogP) is 6.57. The highest BCUT2D eigenvalue weighted by molar-refractivity contribution is 6.77. The lowest BCUT2D eigenvalue weighted by molar-refractivity contribution is -0.165. The number of anilines is 2. The number of carbonyl (C=O) groups excluding carboxylic acids is 1. The van der Waals surface area contributed by atoms with Crippen molar-refractivity contribution in [3.05, 3.63) is 24.0 Å². The van der Waals surface area contributed by atoms with Gasteiger partial charge in [0.25, 0.3) is 0 Å². The summed E-state index contributed by atoms with van der Waals surface area (Å²) in [5, 5.41) is 0. The fraction of sp³-hybridized carbons (Fsp3) is 0.767. The molecule has 3 saturated heterocycles. The fourth-order valence-electron chi connectivity index (χ4n) is 7.63. The van der Waals surface area contributed by atoms with E-state index in [4.69, 9.17) is 18.6 Å². The minimum Gasteiger partial charge on any atom is -0.442 e. The molecule has 1 aromatic rings. The summed E-state index contributed by atoms with van der Waals surface area (Å²) >= 11 is 0. The highest BCUT2D eigenvalue weighted by atomic mass is 28.4. The van der Waals surface area contributed by atoms with E-state index < -0.39 is 14.4 Å². The number of fused-ring (bicyclic) bond motifs is 1. The molecule has 39 heavy (non-hydrogen) atoms. The van der Waals surface area contributed by atoms with Crippen molar-refractivity contribution in [2.24, 2.45) is 17.8 Å². The van der Waals surface area contributed by atoms with Crippen molar-refractivity contribution in [2.75, 3.05) is 49.3 Å². The molecule has 0 radical (unpaired) electrons. The summed E-state index contributed by atoms with van der Waals surface area (Å²) in [5.74, 6) is 1.37. The Labute approximate surface area is 234 Å². The Hall–Kier alpha value is -1.68. The number of rotatable bonds is 11. The zero-order valence-electron chi connectivity index (χ0n) is 24.5. The van der Waals surface area contributed by atoms with Crippen molar-refractivity contribution in [2.45, 2.75) is 89.8 Å². The quantitative estimate of drug-likeness (QED) is 0.284. The largest absolute Gasteiger partial charge is 0.442 e. The lowest BCUT2D eigenvalue weighted by atomic mass is 10.2. The van der Waals surface area contributed by atoms with E-state index in [9.17, 15) is 4.79 Å². The van der Waals surface area contributed by atoms with Gasteiger partial charge in [0, 0.05) is 19.7 Å². The normalized spacial score (nSPS) is 29.1. The summed E-state index contributed by atoms with van der Waals surface area (Å²) in [7, 11) is -2.06. The number of hydrogen-bond acceptors (Lipinski definition) is 6. The zero-order chi connectivity index (χ0) is 27.9. The van der Waals surface area contributed by atoms with E-state index in [1.807, 2.05) is 12.1 Å². The predicted molar refractivity (Wildman–Crippen MR) is 153 cm³/mol. The van der Waals surface area contributed by atoms with Crippen LogP contribution < -0.4 is 9.80 Å². The molecular weight excluding hydrogens is 515 g/mol. The third-order valence-corrected chi connectivity index (χ3v) is 15.7. The molecule has 5 rings (SSSR count). The first-order valence-corrected chi connectivity index (χ1v) is 17.2. The number of carbonyl (C=O) groups is 1. The highest BCUT2D eigenvalue weighted by Crippen LogP contribution is 2.53. The van der Waals surface area contributed by atoms with Crippen LogP contribution in [0.3, 0.4) is 0 Å². The van der Waals surface area contributed by atoms with Gasteiger partial charge in [0.2, 0.25) is 8.32 Å². The standard InChI is InChI=1S/C30H47FN2O5Si/c1-19(2)39(20(3)4,21(5)6)37-17-23-14-33(30(34)38-23)22-10-11-28(27(31)13-22)32-15-24-25(16-32)26(24)18-36-29-9-7-8-12-35-29/h10-11,13,19-21,23-26,29H,7-9,12,14-18H2,1-6H3/t23-,24-,25+,26?,29?/m1/s1. The number of cyclic esters (lactones) is 1. The van der Waals surface area contributed by atoms with E-state index >= 15 is 4.39 Å². The van der Waals surface area contributed by atoms with Crippen LogP contribution in [0, 0.1) is 23.6 Å². The van der Waals surface area contributed by atoms with Crippen molar-refractivity contribution in [3.63, 3.8) is 0 Å². The lowest BCUT2D eigenvalue weighted by Gasteiger charge is -2.42. The Balaban J connectivity index is 1.14. The van der Waals surface area contributed by atoms with Gasteiger partial charge in [-0.25, -0.2) is 9.18 Å². The van der Waals surface area contributed by atoms with Crippen LogP contribution in [0.15, 0.2) is 18.2 Å². The Bertz CT molecular complexity index is 983. The molecule has 218 valence electrons. The molecule has 3 heterocycles. The van der Waals surface area contributed by atoms with Crippen LogP contribution in [-0.2, 0) is 18.6 Å². The molecular formula is C30H47FN2O5Si. The van der Waals surface area contributed by atoms with Gasteiger partial charge in [-0.2, -0.15) is 0 Å². The molecule has 1 aliphatic carbocycles. The van der Waals surface area contributed by atoms with Crippen molar-refractivity contribution in [1.29, 1.82) is 0 Å².